The number of carbonyl (C=O) groups is 1. The molecule has 1 amide bonds. The lowest BCUT2D eigenvalue weighted by Gasteiger charge is -2.24. The number of benzene rings is 2. The Morgan fingerprint density at radius 2 is 1.48 bits per heavy atom. The fourth-order valence-electron chi connectivity index (χ4n) is 3.98. The van der Waals surface area contributed by atoms with E-state index in [1.807, 2.05) is 36.4 Å². The quantitative estimate of drug-likeness (QED) is 0.846. The first-order valence-electron chi connectivity index (χ1n) is 8.40. The minimum Gasteiger partial charge on any atom is -0.345 e. The molecule has 0 heterocycles. The highest BCUT2D eigenvalue weighted by Gasteiger charge is 2.40. The summed E-state index contributed by atoms with van der Waals surface area (Å²) in [6, 6.07) is 20.4. The van der Waals surface area contributed by atoms with Gasteiger partial charge in [0.1, 0.15) is 0 Å². The van der Waals surface area contributed by atoms with Crippen molar-refractivity contribution in [3.8, 4) is 0 Å². The van der Waals surface area contributed by atoms with Crippen LogP contribution in [0.5, 0.6) is 0 Å². The molecule has 0 aromatic heterocycles. The number of rotatable bonds is 4. The summed E-state index contributed by atoms with van der Waals surface area (Å²) < 4.78 is 0. The van der Waals surface area contributed by atoms with Crippen molar-refractivity contribution >= 4 is 5.91 Å². The van der Waals surface area contributed by atoms with Crippen molar-refractivity contribution in [3.05, 3.63) is 83.9 Å². The lowest BCUT2D eigenvalue weighted by molar-refractivity contribution is -0.126. The summed E-state index contributed by atoms with van der Waals surface area (Å²) >= 11 is 0. The van der Waals surface area contributed by atoms with Crippen LogP contribution in [-0.4, -0.2) is 5.91 Å². The van der Waals surface area contributed by atoms with Crippen molar-refractivity contribution in [2.75, 3.05) is 0 Å². The van der Waals surface area contributed by atoms with Crippen molar-refractivity contribution in [3.63, 3.8) is 0 Å². The van der Waals surface area contributed by atoms with Crippen LogP contribution in [-0.2, 0) is 4.79 Å². The van der Waals surface area contributed by atoms with Gasteiger partial charge in [0.15, 0.2) is 0 Å². The second kappa shape index (κ2) is 6.04. The van der Waals surface area contributed by atoms with E-state index in [2.05, 4.69) is 41.7 Å². The molecule has 3 atom stereocenters. The minimum atomic E-state index is -0.0759. The number of allylic oxidation sites excluding steroid dienone is 2. The van der Waals surface area contributed by atoms with Crippen LogP contribution >= 0.6 is 0 Å². The van der Waals surface area contributed by atoms with Gasteiger partial charge in [-0.25, -0.2) is 0 Å². The molecule has 116 valence electrons. The predicted molar refractivity (Wildman–Crippen MR) is 91.7 cm³/mol. The standard InChI is InChI=1S/C21H21NO/c23-21(19-14-15-11-12-18(19)13-15)22-20(16-7-3-1-4-8-16)17-9-5-2-6-10-17/h1-12,15,18-20H,13-14H2,(H,22,23). The zero-order valence-corrected chi connectivity index (χ0v) is 13.1. The fraction of sp³-hybridized carbons (Fsp3) is 0.286. The summed E-state index contributed by atoms with van der Waals surface area (Å²) in [5.41, 5.74) is 2.26. The van der Waals surface area contributed by atoms with Gasteiger partial charge in [0.25, 0.3) is 0 Å². The molecule has 4 rings (SSSR count). The van der Waals surface area contributed by atoms with E-state index in [0.717, 1.165) is 24.0 Å². The monoisotopic (exact) mass is 303 g/mol. The highest BCUT2D eigenvalue weighted by Crippen LogP contribution is 2.43. The first-order chi connectivity index (χ1) is 11.3. The average Bonchev–Trinajstić information content (AvgIpc) is 3.24. The summed E-state index contributed by atoms with van der Waals surface area (Å²) in [5.74, 6) is 1.38. The minimum absolute atomic E-state index is 0.0759. The van der Waals surface area contributed by atoms with Gasteiger partial charge < -0.3 is 5.32 Å². The van der Waals surface area contributed by atoms with Gasteiger partial charge in [-0.1, -0.05) is 72.8 Å². The van der Waals surface area contributed by atoms with Gasteiger partial charge in [0, 0.05) is 5.92 Å². The number of fused-ring (bicyclic) bond motifs is 2. The highest BCUT2D eigenvalue weighted by molar-refractivity contribution is 5.81. The third-order valence-corrected chi connectivity index (χ3v) is 5.17. The second-order valence-corrected chi connectivity index (χ2v) is 6.65. The Morgan fingerprint density at radius 3 is 1.96 bits per heavy atom. The molecule has 2 heteroatoms. The van der Waals surface area contributed by atoms with E-state index in [-0.39, 0.29) is 17.9 Å². The number of hydrogen-bond donors (Lipinski definition) is 1. The molecule has 1 saturated carbocycles. The zero-order valence-electron chi connectivity index (χ0n) is 13.1. The Hall–Kier alpha value is -2.35. The van der Waals surface area contributed by atoms with Crippen LogP contribution in [0.25, 0.3) is 0 Å². The molecular weight excluding hydrogens is 282 g/mol. The molecule has 2 nitrogen and oxygen atoms in total. The van der Waals surface area contributed by atoms with Gasteiger partial charge in [-0.3, -0.25) is 4.79 Å². The molecule has 0 saturated heterocycles. The number of nitrogens with one attached hydrogen (secondary N) is 1. The molecule has 0 radical (unpaired) electrons. The van der Waals surface area contributed by atoms with Crippen LogP contribution in [0.1, 0.15) is 30.0 Å². The molecule has 1 fully saturated rings. The van der Waals surface area contributed by atoms with Crippen LogP contribution in [0.15, 0.2) is 72.8 Å². The van der Waals surface area contributed by atoms with Crippen molar-refractivity contribution in [2.45, 2.75) is 18.9 Å². The van der Waals surface area contributed by atoms with Gasteiger partial charge in [-0.2, -0.15) is 0 Å². The van der Waals surface area contributed by atoms with Crippen molar-refractivity contribution in [1.29, 1.82) is 0 Å². The van der Waals surface area contributed by atoms with Gasteiger partial charge >= 0.3 is 0 Å². The molecule has 0 aliphatic heterocycles. The van der Waals surface area contributed by atoms with Crippen LogP contribution < -0.4 is 5.32 Å². The lowest BCUT2D eigenvalue weighted by atomic mass is 9.91. The molecule has 2 aliphatic carbocycles. The number of hydrogen-bond acceptors (Lipinski definition) is 1. The molecule has 2 aromatic rings. The third kappa shape index (κ3) is 2.81. The summed E-state index contributed by atoms with van der Waals surface area (Å²) in [5, 5.41) is 3.30. The molecule has 1 N–H and O–H groups in total. The maximum absolute atomic E-state index is 12.8. The second-order valence-electron chi connectivity index (χ2n) is 6.65. The molecular formula is C21H21NO. The predicted octanol–water partition coefficient (Wildman–Crippen LogP) is 4.10. The van der Waals surface area contributed by atoms with E-state index < -0.39 is 0 Å². The molecule has 2 bridgehead atoms. The smallest absolute Gasteiger partial charge is 0.224 e. The van der Waals surface area contributed by atoms with Gasteiger partial charge in [0.05, 0.1) is 6.04 Å². The SMILES string of the molecule is O=C(NC(c1ccccc1)c1ccccc1)C1CC2C=CC1C2. The Bertz CT molecular complexity index is 668. The van der Waals surface area contributed by atoms with Gasteiger partial charge in [-0.15, -0.1) is 0 Å². The molecule has 3 unspecified atom stereocenters. The Kier molecular flexibility index (Phi) is 3.74. The average molecular weight is 303 g/mol. The maximum atomic E-state index is 12.8. The third-order valence-electron chi connectivity index (χ3n) is 5.17. The van der Waals surface area contributed by atoms with Crippen molar-refractivity contribution < 1.29 is 4.79 Å². The zero-order chi connectivity index (χ0) is 15.6. The van der Waals surface area contributed by atoms with E-state index in [1.54, 1.807) is 0 Å². The Labute approximate surface area is 137 Å². The summed E-state index contributed by atoms with van der Waals surface area (Å²) in [6.45, 7) is 0. The maximum Gasteiger partial charge on any atom is 0.224 e. The number of amides is 1. The number of carbonyl (C=O) groups excluding carboxylic acids is 1. The van der Waals surface area contributed by atoms with Crippen LogP contribution in [0, 0.1) is 17.8 Å². The summed E-state index contributed by atoms with van der Waals surface area (Å²) in [4.78, 5) is 12.8. The molecule has 2 aromatic carbocycles. The van der Waals surface area contributed by atoms with Crippen LogP contribution in [0.3, 0.4) is 0 Å². The van der Waals surface area contributed by atoms with E-state index in [0.29, 0.717) is 11.8 Å². The summed E-state index contributed by atoms with van der Waals surface area (Å²) in [6.07, 6.45) is 6.67. The fourth-order valence-corrected chi connectivity index (χ4v) is 3.98. The van der Waals surface area contributed by atoms with E-state index in [4.69, 9.17) is 0 Å². The van der Waals surface area contributed by atoms with Crippen LogP contribution in [0.4, 0.5) is 0 Å². The molecule has 0 spiro atoms. The first-order valence-corrected chi connectivity index (χ1v) is 8.40. The molecule has 2 aliphatic rings. The van der Waals surface area contributed by atoms with Gasteiger partial charge in [0.2, 0.25) is 5.91 Å². The lowest BCUT2D eigenvalue weighted by Crippen LogP contribution is -2.36. The first kappa shape index (κ1) is 14.3. The van der Waals surface area contributed by atoms with E-state index >= 15 is 0 Å². The van der Waals surface area contributed by atoms with E-state index in [1.165, 1.54) is 0 Å². The van der Waals surface area contributed by atoms with E-state index in [9.17, 15) is 4.79 Å². The van der Waals surface area contributed by atoms with Gasteiger partial charge in [-0.05, 0) is 35.8 Å². The van der Waals surface area contributed by atoms with Crippen molar-refractivity contribution in [2.24, 2.45) is 17.8 Å². The highest BCUT2D eigenvalue weighted by atomic mass is 16.2. The largest absolute Gasteiger partial charge is 0.345 e. The molecule has 23 heavy (non-hydrogen) atoms. The van der Waals surface area contributed by atoms with Crippen LogP contribution in [0.2, 0.25) is 0 Å². The Morgan fingerprint density at radius 1 is 0.870 bits per heavy atom. The van der Waals surface area contributed by atoms with Crippen molar-refractivity contribution in [1.82, 2.24) is 5.32 Å². The summed E-state index contributed by atoms with van der Waals surface area (Å²) in [7, 11) is 0. The Balaban J connectivity index is 1.59. The topological polar surface area (TPSA) is 29.1 Å². The normalized spacial score (nSPS) is 25.0.